The second kappa shape index (κ2) is 5.70. The van der Waals surface area contributed by atoms with E-state index >= 15 is 0 Å². The summed E-state index contributed by atoms with van der Waals surface area (Å²) >= 11 is 14.8. The van der Waals surface area contributed by atoms with Crippen molar-refractivity contribution >= 4 is 45.1 Å². The minimum Gasteiger partial charge on any atom is -0.423 e. The number of hydrogen-bond donors (Lipinski definition) is 1. The Hall–Kier alpha value is -0.290. The van der Waals surface area contributed by atoms with Crippen molar-refractivity contribution in [3.8, 4) is 5.75 Å². The molecule has 0 aliphatic carbocycles. The van der Waals surface area contributed by atoms with Gasteiger partial charge in [0.2, 0.25) is 0 Å². The van der Waals surface area contributed by atoms with Crippen molar-refractivity contribution in [3.63, 3.8) is 0 Å². The molecule has 1 aromatic carbocycles. The third-order valence-electron chi connectivity index (χ3n) is 1.49. The number of benzene rings is 1. The number of carbonyl (C=O) groups is 1. The maximum Gasteiger partial charge on any atom is 0.313 e. The smallest absolute Gasteiger partial charge is 0.313 e. The molecule has 0 aliphatic rings. The molecule has 0 aliphatic heterocycles. The van der Waals surface area contributed by atoms with Crippen LogP contribution in [0.15, 0.2) is 16.6 Å². The molecule has 82 valence electrons. The SMILES string of the molecule is O=C(CCO)Oc1c(Cl)cc(Br)cc1Cl. The van der Waals surface area contributed by atoms with E-state index < -0.39 is 5.97 Å². The monoisotopic (exact) mass is 312 g/mol. The lowest BCUT2D eigenvalue weighted by molar-refractivity contribution is -0.135. The number of carbonyl (C=O) groups excluding carboxylic acids is 1. The summed E-state index contributed by atoms with van der Waals surface area (Å²) in [6.07, 6.45) is -0.0945. The summed E-state index contributed by atoms with van der Waals surface area (Å²) in [7, 11) is 0. The van der Waals surface area contributed by atoms with Gasteiger partial charge in [-0.2, -0.15) is 0 Å². The van der Waals surface area contributed by atoms with Gasteiger partial charge in [0.1, 0.15) is 0 Å². The molecule has 1 N–H and O–H groups in total. The summed E-state index contributed by atoms with van der Waals surface area (Å²) in [6, 6.07) is 3.13. The van der Waals surface area contributed by atoms with E-state index in [0.717, 1.165) is 0 Å². The van der Waals surface area contributed by atoms with E-state index in [0.29, 0.717) is 4.47 Å². The molecule has 0 aromatic heterocycles. The van der Waals surface area contributed by atoms with Gasteiger partial charge in [-0.15, -0.1) is 0 Å². The maximum absolute atomic E-state index is 11.1. The lowest BCUT2D eigenvalue weighted by Gasteiger charge is -2.07. The van der Waals surface area contributed by atoms with E-state index in [2.05, 4.69) is 15.9 Å². The second-order valence-corrected chi connectivity index (χ2v) is 4.38. The lowest BCUT2D eigenvalue weighted by Crippen LogP contribution is -2.10. The van der Waals surface area contributed by atoms with E-state index in [1.165, 1.54) is 0 Å². The lowest BCUT2D eigenvalue weighted by atomic mass is 10.3. The summed E-state index contributed by atoms with van der Waals surface area (Å²) in [5.74, 6) is -0.469. The Balaban J connectivity index is 2.90. The quantitative estimate of drug-likeness (QED) is 0.689. The van der Waals surface area contributed by atoms with Crippen LogP contribution in [0.2, 0.25) is 10.0 Å². The fourth-order valence-electron chi connectivity index (χ4n) is 0.883. The van der Waals surface area contributed by atoms with Gasteiger partial charge in [0.05, 0.1) is 23.1 Å². The van der Waals surface area contributed by atoms with Crippen molar-refractivity contribution < 1.29 is 14.6 Å². The number of rotatable bonds is 3. The van der Waals surface area contributed by atoms with Gasteiger partial charge in [-0.25, -0.2) is 0 Å². The first kappa shape index (κ1) is 12.8. The van der Waals surface area contributed by atoms with Gasteiger partial charge < -0.3 is 9.84 Å². The van der Waals surface area contributed by atoms with Crippen LogP contribution in [0.1, 0.15) is 6.42 Å². The molecule has 0 saturated heterocycles. The Morgan fingerprint density at radius 2 is 1.93 bits per heavy atom. The topological polar surface area (TPSA) is 46.5 Å². The molecule has 0 radical (unpaired) electrons. The van der Waals surface area contributed by atoms with Crippen LogP contribution < -0.4 is 4.74 Å². The molecule has 6 heteroatoms. The average molecular weight is 314 g/mol. The van der Waals surface area contributed by atoms with Gasteiger partial charge >= 0.3 is 5.97 Å². The van der Waals surface area contributed by atoms with Gasteiger partial charge in [-0.05, 0) is 12.1 Å². The van der Waals surface area contributed by atoms with Crippen LogP contribution >= 0.6 is 39.1 Å². The Bertz CT molecular complexity index is 359. The van der Waals surface area contributed by atoms with E-state index in [1.807, 2.05) is 0 Å². The van der Waals surface area contributed by atoms with Gasteiger partial charge in [-0.3, -0.25) is 4.79 Å². The molecule has 15 heavy (non-hydrogen) atoms. The standard InChI is InChI=1S/C9H7BrCl2O3/c10-5-3-6(11)9(7(12)4-5)15-8(14)1-2-13/h3-4,13H,1-2H2. The number of halogens is 3. The molecule has 0 unspecified atom stereocenters. The molecule has 1 rings (SSSR count). The normalized spacial score (nSPS) is 10.1. The first-order chi connectivity index (χ1) is 7.04. The maximum atomic E-state index is 11.1. The highest BCUT2D eigenvalue weighted by molar-refractivity contribution is 9.10. The molecule has 0 atom stereocenters. The van der Waals surface area contributed by atoms with Crippen molar-refractivity contribution in [2.24, 2.45) is 0 Å². The molecule has 0 saturated carbocycles. The molecule has 0 fully saturated rings. The first-order valence-corrected chi connectivity index (χ1v) is 5.55. The minimum absolute atomic E-state index is 0.0945. The van der Waals surface area contributed by atoms with Crippen LogP contribution in [0.25, 0.3) is 0 Å². The Kier molecular flexibility index (Phi) is 4.86. The molecule has 0 heterocycles. The number of esters is 1. The molecule has 0 bridgehead atoms. The Labute approximate surface area is 105 Å². The molecule has 1 aromatic rings. The van der Waals surface area contributed by atoms with Crippen molar-refractivity contribution in [1.82, 2.24) is 0 Å². The van der Waals surface area contributed by atoms with Crippen LogP contribution in [0, 0.1) is 0 Å². The molecule has 3 nitrogen and oxygen atoms in total. The Morgan fingerprint density at radius 3 is 2.40 bits per heavy atom. The number of hydrogen-bond acceptors (Lipinski definition) is 3. The summed E-state index contributed by atoms with van der Waals surface area (Å²) in [6.45, 7) is -0.273. The van der Waals surface area contributed by atoms with Crippen LogP contribution in [-0.2, 0) is 4.79 Å². The van der Waals surface area contributed by atoms with E-state index in [1.54, 1.807) is 12.1 Å². The van der Waals surface area contributed by atoms with Crippen molar-refractivity contribution in [2.45, 2.75) is 6.42 Å². The largest absolute Gasteiger partial charge is 0.423 e. The van der Waals surface area contributed by atoms with E-state index in [4.69, 9.17) is 33.0 Å². The zero-order valence-corrected chi connectivity index (χ0v) is 10.6. The second-order valence-electron chi connectivity index (χ2n) is 2.65. The van der Waals surface area contributed by atoms with Crippen LogP contribution in [-0.4, -0.2) is 17.7 Å². The van der Waals surface area contributed by atoms with Crippen LogP contribution in [0.3, 0.4) is 0 Å². The number of ether oxygens (including phenoxy) is 1. The third-order valence-corrected chi connectivity index (χ3v) is 2.51. The van der Waals surface area contributed by atoms with E-state index in [9.17, 15) is 4.79 Å². The fourth-order valence-corrected chi connectivity index (χ4v) is 2.17. The predicted molar refractivity (Wildman–Crippen MR) is 61.5 cm³/mol. The minimum atomic E-state index is -0.580. The van der Waals surface area contributed by atoms with Crippen LogP contribution in [0.4, 0.5) is 0 Å². The van der Waals surface area contributed by atoms with Gasteiger partial charge in [-0.1, -0.05) is 39.1 Å². The third kappa shape index (κ3) is 3.65. The first-order valence-electron chi connectivity index (χ1n) is 4.00. The zero-order chi connectivity index (χ0) is 11.4. The summed E-state index contributed by atoms with van der Waals surface area (Å²) in [5.41, 5.74) is 0. The van der Waals surface area contributed by atoms with Crippen molar-refractivity contribution in [1.29, 1.82) is 0 Å². The summed E-state index contributed by atoms with van der Waals surface area (Å²) < 4.78 is 5.58. The number of aliphatic hydroxyl groups excluding tert-OH is 1. The fraction of sp³-hybridized carbons (Fsp3) is 0.222. The molecule has 0 amide bonds. The van der Waals surface area contributed by atoms with Crippen molar-refractivity contribution in [3.05, 3.63) is 26.7 Å². The highest BCUT2D eigenvalue weighted by Gasteiger charge is 2.12. The van der Waals surface area contributed by atoms with Gasteiger partial charge in [0, 0.05) is 4.47 Å². The molecular formula is C9H7BrCl2O3. The Morgan fingerprint density at radius 1 is 1.40 bits per heavy atom. The van der Waals surface area contributed by atoms with Gasteiger partial charge in [0.15, 0.2) is 5.75 Å². The van der Waals surface area contributed by atoms with Gasteiger partial charge in [0.25, 0.3) is 0 Å². The summed E-state index contributed by atoms with van der Waals surface area (Å²) in [5, 5.41) is 9.00. The predicted octanol–water partition coefficient (Wildman–Crippen LogP) is 3.04. The molecule has 0 spiro atoms. The highest BCUT2D eigenvalue weighted by Crippen LogP contribution is 2.36. The average Bonchev–Trinajstić information content (AvgIpc) is 2.11. The van der Waals surface area contributed by atoms with Crippen LogP contribution in [0.5, 0.6) is 5.75 Å². The molecular weight excluding hydrogens is 307 g/mol. The summed E-state index contributed by atoms with van der Waals surface area (Å²) in [4.78, 5) is 11.1. The van der Waals surface area contributed by atoms with Crippen molar-refractivity contribution in [2.75, 3.05) is 6.61 Å². The zero-order valence-electron chi connectivity index (χ0n) is 7.47. The highest BCUT2D eigenvalue weighted by atomic mass is 79.9. The van der Waals surface area contributed by atoms with E-state index in [-0.39, 0.29) is 28.8 Å². The number of aliphatic hydroxyl groups is 1.